The molecule has 2 aromatic rings. The largest absolute Gasteiger partial charge is 0.507 e. The zero-order chi connectivity index (χ0) is 25.7. The molecule has 0 radical (unpaired) electrons. The molecule has 6 heteroatoms. The fourth-order valence-corrected chi connectivity index (χ4v) is 4.35. The Balaban J connectivity index is 2.05. The molecule has 0 spiro atoms. The molecule has 1 unspecified atom stereocenters. The summed E-state index contributed by atoms with van der Waals surface area (Å²) in [5.41, 5.74) is 3.45. The Hall–Kier alpha value is -3.12. The lowest BCUT2D eigenvalue weighted by Gasteiger charge is -2.26. The lowest BCUT2D eigenvalue weighted by Crippen LogP contribution is -2.32. The number of ether oxygens (including phenoxy) is 1. The first-order chi connectivity index (χ1) is 16.6. The molecular weight excluding hydrogens is 440 g/mol. The van der Waals surface area contributed by atoms with Gasteiger partial charge in [0.15, 0.2) is 0 Å². The molecule has 0 aromatic heterocycles. The van der Waals surface area contributed by atoms with Crippen molar-refractivity contribution in [3.05, 3.63) is 70.3 Å². The number of rotatable bonds is 10. The van der Waals surface area contributed by atoms with Crippen molar-refractivity contribution in [3.63, 3.8) is 0 Å². The number of ketones is 1. The molecular formula is C29H38N2O4. The van der Waals surface area contributed by atoms with Gasteiger partial charge in [0.05, 0.1) is 18.2 Å². The Morgan fingerprint density at radius 2 is 1.80 bits per heavy atom. The number of carbonyl (C=O) groups is 2. The van der Waals surface area contributed by atoms with E-state index in [4.69, 9.17) is 4.74 Å². The minimum Gasteiger partial charge on any atom is -0.507 e. The van der Waals surface area contributed by atoms with Crippen molar-refractivity contribution in [2.75, 3.05) is 33.8 Å². The average molecular weight is 479 g/mol. The normalized spacial score (nSPS) is 17.6. The van der Waals surface area contributed by atoms with Gasteiger partial charge < -0.3 is 19.6 Å². The van der Waals surface area contributed by atoms with Crippen molar-refractivity contribution < 1.29 is 19.4 Å². The molecule has 35 heavy (non-hydrogen) atoms. The van der Waals surface area contributed by atoms with E-state index in [2.05, 4.69) is 20.8 Å². The number of aliphatic hydroxyl groups is 1. The third kappa shape index (κ3) is 6.12. The first-order valence-electron chi connectivity index (χ1n) is 12.4. The van der Waals surface area contributed by atoms with Gasteiger partial charge in [-0.3, -0.25) is 9.59 Å². The highest BCUT2D eigenvalue weighted by Gasteiger charge is 2.45. The molecule has 1 amide bonds. The molecule has 2 aromatic carbocycles. The van der Waals surface area contributed by atoms with Crippen molar-refractivity contribution in [1.82, 2.24) is 9.80 Å². The van der Waals surface area contributed by atoms with Crippen LogP contribution in [0.4, 0.5) is 0 Å². The summed E-state index contributed by atoms with van der Waals surface area (Å²) in [6, 6.07) is 12.7. The van der Waals surface area contributed by atoms with Gasteiger partial charge in [0.2, 0.25) is 0 Å². The minimum atomic E-state index is -0.642. The number of hydrogen-bond donors (Lipinski definition) is 1. The lowest BCUT2D eigenvalue weighted by atomic mass is 9.93. The summed E-state index contributed by atoms with van der Waals surface area (Å²) in [6.07, 6.45) is 1.62. The van der Waals surface area contributed by atoms with Crippen LogP contribution >= 0.6 is 0 Å². The molecule has 3 rings (SSSR count). The molecule has 6 nitrogen and oxygen atoms in total. The highest BCUT2D eigenvalue weighted by atomic mass is 16.5. The fourth-order valence-electron chi connectivity index (χ4n) is 4.35. The zero-order valence-electron chi connectivity index (χ0n) is 21.8. The maximum absolute atomic E-state index is 13.2. The SMILES string of the molecule is CCc1ccc(C2C(=C(O)c3ccc(OCC(C)C)cc3C)C(=O)C(=O)N2CCCN(C)C)cc1. The molecule has 1 aliphatic heterocycles. The Labute approximate surface area is 209 Å². The van der Waals surface area contributed by atoms with E-state index in [0.29, 0.717) is 30.4 Å². The Morgan fingerprint density at radius 3 is 2.37 bits per heavy atom. The summed E-state index contributed by atoms with van der Waals surface area (Å²) in [4.78, 5) is 30.0. The summed E-state index contributed by atoms with van der Waals surface area (Å²) in [5.74, 6) is -0.244. The summed E-state index contributed by atoms with van der Waals surface area (Å²) in [5, 5.41) is 11.4. The van der Waals surface area contributed by atoms with E-state index < -0.39 is 17.7 Å². The van der Waals surface area contributed by atoms with Crippen LogP contribution in [0.5, 0.6) is 5.75 Å². The Bertz CT molecular complexity index is 1090. The van der Waals surface area contributed by atoms with Crippen LogP contribution < -0.4 is 4.74 Å². The van der Waals surface area contributed by atoms with Gasteiger partial charge in [-0.25, -0.2) is 0 Å². The fraction of sp³-hybridized carbons (Fsp3) is 0.448. The Kier molecular flexibility index (Phi) is 8.73. The van der Waals surface area contributed by atoms with Gasteiger partial charge in [-0.2, -0.15) is 0 Å². The molecule has 188 valence electrons. The van der Waals surface area contributed by atoms with Gasteiger partial charge in [0, 0.05) is 12.1 Å². The molecule has 1 aliphatic rings. The monoisotopic (exact) mass is 478 g/mol. The first kappa shape index (κ1) is 26.5. The van der Waals surface area contributed by atoms with Gasteiger partial charge in [0.25, 0.3) is 11.7 Å². The van der Waals surface area contributed by atoms with E-state index in [0.717, 1.165) is 30.5 Å². The molecule has 1 N–H and O–H groups in total. The van der Waals surface area contributed by atoms with E-state index in [1.807, 2.05) is 56.3 Å². The molecule has 1 heterocycles. The summed E-state index contributed by atoms with van der Waals surface area (Å²) < 4.78 is 5.81. The van der Waals surface area contributed by atoms with E-state index in [9.17, 15) is 14.7 Å². The smallest absolute Gasteiger partial charge is 0.295 e. The number of amides is 1. The molecule has 1 atom stereocenters. The number of aryl methyl sites for hydroxylation is 2. The van der Waals surface area contributed by atoms with Crippen molar-refractivity contribution in [2.24, 2.45) is 5.92 Å². The van der Waals surface area contributed by atoms with Gasteiger partial charge in [-0.05, 0) is 81.2 Å². The maximum atomic E-state index is 13.2. The van der Waals surface area contributed by atoms with Crippen LogP contribution in [-0.4, -0.2) is 60.4 Å². The van der Waals surface area contributed by atoms with E-state index in [-0.39, 0.29) is 11.3 Å². The van der Waals surface area contributed by atoms with Crippen LogP contribution in [0.2, 0.25) is 0 Å². The summed E-state index contributed by atoms with van der Waals surface area (Å²) in [7, 11) is 3.96. The summed E-state index contributed by atoms with van der Waals surface area (Å²) >= 11 is 0. The Morgan fingerprint density at radius 1 is 1.11 bits per heavy atom. The quantitative estimate of drug-likeness (QED) is 0.297. The van der Waals surface area contributed by atoms with Crippen molar-refractivity contribution in [1.29, 1.82) is 0 Å². The highest BCUT2D eigenvalue weighted by molar-refractivity contribution is 6.46. The number of hydrogen-bond acceptors (Lipinski definition) is 5. The van der Waals surface area contributed by atoms with Crippen LogP contribution in [0, 0.1) is 12.8 Å². The number of likely N-dealkylation sites (tertiary alicyclic amines) is 1. The lowest BCUT2D eigenvalue weighted by molar-refractivity contribution is -0.139. The molecule has 1 fully saturated rings. The zero-order valence-corrected chi connectivity index (χ0v) is 21.8. The second-order valence-corrected chi connectivity index (χ2v) is 9.93. The number of aliphatic hydroxyl groups excluding tert-OH is 1. The van der Waals surface area contributed by atoms with E-state index in [1.165, 1.54) is 5.56 Å². The predicted octanol–water partition coefficient (Wildman–Crippen LogP) is 4.97. The summed E-state index contributed by atoms with van der Waals surface area (Å²) in [6.45, 7) is 9.93. The van der Waals surface area contributed by atoms with Gasteiger partial charge >= 0.3 is 0 Å². The first-order valence-corrected chi connectivity index (χ1v) is 12.4. The number of carbonyl (C=O) groups excluding carboxylic acids is 2. The van der Waals surface area contributed by atoms with Crippen LogP contribution in [-0.2, 0) is 16.0 Å². The number of Topliss-reactive ketones (excluding diaryl/α,β-unsaturated/α-hetero) is 1. The van der Waals surface area contributed by atoms with Crippen molar-refractivity contribution in [3.8, 4) is 5.75 Å². The molecule has 0 saturated carbocycles. The third-order valence-electron chi connectivity index (χ3n) is 6.28. The molecule has 0 bridgehead atoms. The third-order valence-corrected chi connectivity index (χ3v) is 6.28. The van der Waals surface area contributed by atoms with Crippen LogP contribution in [0.3, 0.4) is 0 Å². The number of benzene rings is 2. The number of nitrogens with zero attached hydrogens (tertiary/aromatic N) is 2. The second kappa shape index (κ2) is 11.5. The second-order valence-electron chi connectivity index (χ2n) is 9.93. The average Bonchev–Trinajstić information content (AvgIpc) is 3.07. The topological polar surface area (TPSA) is 70.1 Å². The van der Waals surface area contributed by atoms with Crippen molar-refractivity contribution >= 4 is 17.4 Å². The maximum Gasteiger partial charge on any atom is 0.295 e. The van der Waals surface area contributed by atoms with Crippen LogP contribution in [0.15, 0.2) is 48.0 Å². The van der Waals surface area contributed by atoms with Crippen LogP contribution in [0.1, 0.15) is 55.5 Å². The van der Waals surface area contributed by atoms with E-state index in [1.54, 1.807) is 17.0 Å². The van der Waals surface area contributed by atoms with Gasteiger partial charge in [0.1, 0.15) is 11.5 Å². The van der Waals surface area contributed by atoms with Crippen molar-refractivity contribution in [2.45, 2.75) is 46.6 Å². The van der Waals surface area contributed by atoms with Gasteiger partial charge in [-0.15, -0.1) is 0 Å². The minimum absolute atomic E-state index is 0.142. The molecule has 1 saturated heterocycles. The van der Waals surface area contributed by atoms with E-state index >= 15 is 0 Å². The highest BCUT2D eigenvalue weighted by Crippen LogP contribution is 2.40. The van der Waals surface area contributed by atoms with Gasteiger partial charge in [-0.1, -0.05) is 45.0 Å². The van der Waals surface area contributed by atoms with Crippen LogP contribution in [0.25, 0.3) is 5.76 Å². The molecule has 0 aliphatic carbocycles. The standard InChI is InChI=1S/C29H38N2O4/c1-7-21-9-11-22(12-10-21)26-25(28(33)29(34)31(26)16-8-15-30(5)6)27(32)24-14-13-23(17-20(24)4)35-18-19(2)3/h9-14,17,19,26,32H,7-8,15-16,18H2,1-6H3. The predicted molar refractivity (Wildman–Crippen MR) is 140 cm³/mol.